The summed E-state index contributed by atoms with van der Waals surface area (Å²) in [6.07, 6.45) is 20.7. The van der Waals surface area contributed by atoms with Crippen molar-refractivity contribution in [3.05, 3.63) is 0 Å². The van der Waals surface area contributed by atoms with E-state index in [9.17, 15) is 13.3 Å². The quantitative estimate of drug-likeness (QED) is 0.125. The molecular formula is C25H47F2O5P. The van der Waals surface area contributed by atoms with E-state index in [0.717, 1.165) is 19.3 Å². The molecule has 0 radical (unpaired) electrons. The lowest BCUT2D eigenvalue weighted by Crippen LogP contribution is -2.42. The first-order valence-corrected chi connectivity index (χ1v) is 15.0. The molecule has 0 aromatic rings. The Bertz CT molecular complexity index is 549. The van der Waals surface area contributed by atoms with E-state index in [4.69, 9.17) is 18.3 Å². The molecule has 2 aliphatic heterocycles. The SMILES string of the molecule is CCCCCCCCCCCCCCCCCCCCOP1(=O)OC[C@H]2OCC(F)(F)[C@@H]2O1. The summed E-state index contributed by atoms with van der Waals surface area (Å²) in [6, 6.07) is 0. The summed E-state index contributed by atoms with van der Waals surface area (Å²) < 4.78 is 60.0. The highest BCUT2D eigenvalue weighted by Crippen LogP contribution is 2.57. The minimum atomic E-state index is -3.92. The molecule has 8 heteroatoms. The average Bonchev–Trinajstić information content (AvgIpc) is 3.09. The van der Waals surface area contributed by atoms with Crippen LogP contribution in [0.15, 0.2) is 0 Å². The number of rotatable bonds is 20. The minimum absolute atomic E-state index is 0.184. The second-order valence-corrected chi connectivity index (χ2v) is 11.3. The van der Waals surface area contributed by atoms with Gasteiger partial charge < -0.3 is 4.74 Å². The van der Waals surface area contributed by atoms with Gasteiger partial charge in [-0.15, -0.1) is 0 Å². The van der Waals surface area contributed by atoms with Crippen LogP contribution in [0.4, 0.5) is 8.78 Å². The van der Waals surface area contributed by atoms with Crippen molar-refractivity contribution in [2.75, 3.05) is 19.8 Å². The van der Waals surface area contributed by atoms with E-state index in [-0.39, 0.29) is 13.2 Å². The molecule has 1 unspecified atom stereocenters. The van der Waals surface area contributed by atoms with E-state index < -0.39 is 32.6 Å². The summed E-state index contributed by atoms with van der Waals surface area (Å²) in [6.45, 7) is 1.55. The number of unbranched alkanes of at least 4 members (excludes halogenated alkanes) is 17. The number of phosphoric ester groups is 1. The molecule has 0 N–H and O–H groups in total. The highest BCUT2D eigenvalue weighted by atomic mass is 31.2. The Hall–Kier alpha value is -0.0700. The zero-order valence-corrected chi connectivity index (χ0v) is 21.6. The topological polar surface area (TPSA) is 54.0 Å². The van der Waals surface area contributed by atoms with Gasteiger partial charge in [0.1, 0.15) is 12.7 Å². The first-order valence-electron chi connectivity index (χ1n) is 13.5. The first kappa shape index (κ1) is 29.2. The molecule has 0 spiro atoms. The summed E-state index contributed by atoms with van der Waals surface area (Å²) in [5, 5.41) is 0. The minimum Gasteiger partial charge on any atom is -0.366 e. The van der Waals surface area contributed by atoms with Gasteiger partial charge in [-0.2, -0.15) is 0 Å². The van der Waals surface area contributed by atoms with Gasteiger partial charge in [-0.3, -0.25) is 13.6 Å². The summed E-state index contributed by atoms with van der Waals surface area (Å²) >= 11 is 0. The lowest BCUT2D eigenvalue weighted by atomic mass is 10.0. The number of ether oxygens (including phenoxy) is 1. The van der Waals surface area contributed by atoms with E-state index in [1.165, 1.54) is 96.3 Å². The normalized spacial score (nSPS) is 26.5. The van der Waals surface area contributed by atoms with Crippen LogP contribution in [0.1, 0.15) is 122 Å². The zero-order valence-electron chi connectivity index (χ0n) is 20.7. The van der Waals surface area contributed by atoms with Crippen molar-refractivity contribution < 1.29 is 31.7 Å². The van der Waals surface area contributed by atoms with Crippen molar-refractivity contribution in [3.8, 4) is 0 Å². The molecule has 0 saturated carbocycles. The molecule has 196 valence electrons. The largest absolute Gasteiger partial charge is 0.475 e. The molecule has 2 fully saturated rings. The van der Waals surface area contributed by atoms with Crippen molar-refractivity contribution in [3.63, 3.8) is 0 Å². The van der Waals surface area contributed by atoms with Gasteiger partial charge in [0.2, 0.25) is 0 Å². The van der Waals surface area contributed by atoms with E-state index in [1.54, 1.807) is 0 Å². The van der Waals surface area contributed by atoms with E-state index in [1.807, 2.05) is 0 Å². The zero-order chi connectivity index (χ0) is 23.8. The van der Waals surface area contributed by atoms with Crippen molar-refractivity contribution >= 4 is 7.82 Å². The first-order chi connectivity index (χ1) is 16.0. The van der Waals surface area contributed by atoms with Gasteiger partial charge in [-0.1, -0.05) is 116 Å². The van der Waals surface area contributed by atoms with Gasteiger partial charge in [-0.05, 0) is 6.42 Å². The van der Waals surface area contributed by atoms with Crippen LogP contribution in [0.2, 0.25) is 0 Å². The van der Waals surface area contributed by atoms with Crippen LogP contribution in [-0.4, -0.2) is 38.0 Å². The van der Waals surface area contributed by atoms with E-state index in [2.05, 4.69) is 6.92 Å². The van der Waals surface area contributed by atoms with Crippen LogP contribution >= 0.6 is 7.82 Å². The van der Waals surface area contributed by atoms with Crippen LogP contribution in [0.3, 0.4) is 0 Å². The highest BCUT2D eigenvalue weighted by Gasteiger charge is 2.58. The Balaban J connectivity index is 1.32. The Morgan fingerprint density at radius 2 is 1.24 bits per heavy atom. The van der Waals surface area contributed by atoms with Crippen LogP contribution in [0.25, 0.3) is 0 Å². The summed E-state index contributed by atoms with van der Waals surface area (Å²) in [4.78, 5) is 0. The molecule has 5 nitrogen and oxygen atoms in total. The molecule has 2 aliphatic rings. The van der Waals surface area contributed by atoms with Gasteiger partial charge in [-0.25, -0.2) is 13.3 Å². The van der Waals surface area contributed by atoms with Gasteiger partial charge in [0.05, 0.1) is 13.2 Å². The van der Waals surface area contributed by atoms with Crippen LogP contribution < -0.4 is 0 Å². The molecule has 2 saturated heterocycles. The lowest BCUT2D eigenvalue weighted by Gasteiger charge is -2.31. The number of alkyl halides is 2. The lowest BCUT2D eigenvalue weighted by molar-refractivity contribution is -0.103. The van der Waals surface area contributed by atoms with Gasteiger partial charge in [0.15, 0.2) is 6.10 Å². The van der Waals surface area contributed by atoms with Gasteiger partial charge in [0, 0.05) is 0 Å². The molecule has 33 heavy (non-hydrogen) atoms. The summed E-state index contributed by atoms with van der Waals surface area (Å²) in [5.74, 6) is -3.15. The summed E-state index contributed by atoms with van der Waals surface area (Å²) in [5.41, 5.74) is 0. The third-order valence-electron chi connectivity index (χ3n) is 6.63. The maximum atomic E-state index is 13.7. The smallest absolute Gasteiger partial charge is 0.366 e. The van der Waals surface area contributed by atoms with Crippen molar-refractivity contribution in [1.82, 2.24) is 0 Å². The van der Waals surface area contributed by atoms with Crippen LogP contribution in [-0.2, 0) is 22.9 Å². The molecule has 2 rings (SSSR count). The Morgan fingerprint density at radius 3 is 1.73 bits per heavy atom. The Labute approximate surface area is 200 Å². The molecule has 0 bridgehead atoms. The number of fused-ring (bicyclic) bond motifs is 1. The maximum Gasteiger partial charge on any atom is 0.475 e. The molecule has 0 aromatic heterocycles. The second-order valence-electron chi connectivity index (χ2n) is 9.72. The van der Waals surface area contributed by atoms with Crippen molar-refractivity contribution in [1.29, 1.82) is 0 Å². The third kappa shape index (κ3) is 11.9. The number of hydrogen-bond donors (Lipinski definition) is 0. The number of halogens is 2. The van der Waals surface area contributed by atoms with E-state index >= 15 is 0 Å². The van der Waals surface area contributed by atoms with Crippen molar-refractivity contribution in [2.24, 2.45) is 0 Å². The van der Waals surface area contributed by atoms with Gasteiger partial charge in [0.25, 0.3) is 5.92 Å². The Kier molecular flexibility index (Phi) is 14.6. The van der Waals surface area contributed by atoms with Crippen LogP contribution in [0.5, 0.6) is 0 Å². The average molecular weight is 497 g/mol. The summed E-state index contributed by atoms with van der Waals surface area (Å²) in [7, 11) is -3.92. The monoisotopic (exact) mass is 496 g/mol. The fourth-order valence-corrected chi connectivity index (χ4v) is 5.97. The maximum absolute atomic E-state index is 13.7. The molecular weight excluding hydrogens is 449 g/mol. The van der Waals surface area contributed by atoms with E-state index in [0.29, 0.717) is 0 Å². The molecule has 3 atom stereocenters. The standard InChI is InChI=1S/C25H47F2O5P/c1-2-3-4-5-6-7-8-9-10-11-12-13-14-15-16-17-18-19-20-30-33(28)31-21-23-24(32-33)25(26,27)22-29-23/h23-24H,2-22H2,1H3/t23-,24-,33?/m1/s1. The fraction of sp³-hybridized carbons (Fsp3) is 1.00. The second kappa shape index (κ2) is 16.6. The third-order valence-corrected chi connectivity index (χ3v) is 8.08. The molecule has 0 aliphatic carbocycles. The van der Waals surface area contributed by atoms with Crippen molar-refractivity contribution in [2.45, 2.75) is 141 Å². The fourth-order valence-electron chi connectivity index (χ4n) is 4.52. The number of phosphoric acid groups is 1. The predicted octanol–water partition coefficient (Wildman–Crippen LogP) is 8.60. The molecule has 2 heterocycles. The molecule has 0 amide bonds. The predicted molar refractivity (Wildman–Crippen MR) is 128 cm³/mol. The highest BCUT2D eigenvalue weighted by molar-refractivity contribution is 7.48. The van der Waals surface area contributed by atoms with Crippen LogP contribution in [0, 0.1) is 0 Å². The Morgan fingerprint density at radius 1 is 0.788 bits per heavy atom. The number of hydrogen-bond acceptors (Lipinski definition) is 5. The molecule has 0 aromatic carbocycles. The van der Waals surface area contributed by atoms with Gasteiger partial charge >= 0.3 is 7.82 Å².